The molecule has 1 fully saturated rings. The molecule has 3 N–H and O–H groups in total. The Bertz CT molecular complexity index is 859. The number of ether oxygens (including phenoxy) is 1. The molecule has 0 spiro atoms. The van der Waals surface area contributed by atoms with E-state index in [1.165, 1.54) is 0 Å². The Hall–Kier alpha value is -2.94. The molecule has 1 aromatic rings. The molecule has 3 rings (SSSR count). The Morgan fingerprint density at radius 2 is 1.50 bits per heavy atom. The number of fused-ring (bicyclic) bond motifs is 1. The van der Waals surface area contributed by atoms with Crippen LogP contribution in [-0.4, -0.2) is 87.8 Å². The van der Waals surface area contributed by atoms with E-state index in [-0.39, 0.29) is 0 Å². The molecular weight excluding hydrogens is 482 g/mol. The lowest BCUT2D eigenvalue weighted by atomic mass is 10.0. The second kappa shape index (κ2) is 12.0. The molecule has 1 saturated heterocycles. The van der Waals surface area contributed by atoms with E-state index in [9.17, 15) is 36.2 Å². The minimum Gasteiger partial charge on any atom is -0.478 e. The van der Waals surface area contributed by atoms with E-state index in [4.69, 9.17) is 24.5 Å². The monoisotopic (exact) mass is 504 g/mol. The van der Waals surface area contributed by atoms with Crippen molar-refractivity contribution in [2.45, 2.75) is 44.6 Å². The summed E-state index contributed by atoms with van der Waals surface area (Å²) in [5.41, 5.74) is 3.11. The van der Waals surface area contributed by atoms with Gasteiger partial charge in [0.25, 0.3) is 0 Å². The number of pyridine rings is 1. The van der Waals surface area contributed by atoms with Crippen molar-refractivity contribution in [3.63, 3.8) is 0 Å². The number of aliphatic carboxylic acids is 2. The number of aromatic nitrogens is 1. The Balaban J connectivity index is 0.000000343. The minimum absolute atomic E-state index is 0.335. The molecule has 2 aliphatic rings. The molecule has 15 heteroatoms. The predicted molar refractivity (Wildman–Crippen MR) is 102 cm³/mol. The van der Waals surface area contributed by atoms with Crippen molar-refractivity contribution in [1.29, 1.82) is 0 Å². The van der Waals surface area contributed by atoms with Crippen molar-refractivity contribution >= 4 is 17.9 Å². The standard InChI is InChI=1S/C15H20N2O3.2C2HF3O2/c1-10-13(15(18)19)8-11-2-5-17(6-3-14(11)16-10)12-4-7-20-9-12;2*3-2(4,5)1(6)7/h8,12H,2-7,9H2,1H3,(H,18,19);2*(H,6,7). The summed E-state index contributed by atoms with van der Waals surface area (Å²) >= 11 is 0. The zero-order valence-corrected chi connectivity index (χ0v) is 17.7. The molecule has 192 valence electrons. The first kappa shape index (κ1) is 29.1. The lowest BCUT2D eigenvalue weighted by Gasteiger charge is -2.25. The van der Waals surface area contributed by atoms with Crippen molar-refractivity contribution in [2.24, 2.45) is 0 Å². The molecule has 1 unspecified atom stereocenters. The SMILES string of the molecule is Cc1nc2c(cc1C(=O)O)CCN(C1CCOC1)CC2.O=C(O)C(F)(F)F.O=C(O)C(F)(F)F. The second-order valence-electron chi connectivity index (χ2n) is 7.19. The van der Waals surface area contributed by atoms with Gasteiger partial charge in [0.2, 0.25) is 0 Å². The van der Waals surface area contributed by atoms with Crippen LogP contribution in [0.4, 0.5) is 26.3 Å². The Morgan fingerprint density at radius 3 is 1.91 bits per heavy atom. The minimum atomic E-state index is -5.08. The number of halogens is 6. The van der Waals surface area contributed by atoms with Crippen LogP contribution >= 0.6 is 0 Å². The van der Waals surface area contributed by atoms with Crippen molar-refractivity contribution in [1.82, 2.24) is 9.88 Å². The number of alkyl halides is 6. The molecule has 0 aliphatic carbocycles. The highest BCUT2D eigenvalue weighted by molar-refractivity contribution is 5.89. The molecule has 0 aromatic carbocycles. The zero-order valence-electron chi connectivity index (χ0n) is 17.7. The maximum Gasteiger partial charge on any atom is 0.490 e. The van der Waals surface area contributed by atoms with Crippen LogP contribution in [0, 0.1) is 6.92 Å². The molecule has 0 saturated carbocycles. The van der Waals surface area contributed by atoms with Gasteiger partial charge in [0.15, 0.2) is 0 Å². The average molecular weight is 504 g/mol. The first-order chi connectivity index (χ1) is 15.5. The molecule has 0 bridgehead atoms. The lowest BCUT2D eigenvalue weighted by Crippen LogP contribution is -2.37. The van der Waals surface area contributed by atoms with Crippen LogP contribution in [-0.2, 0) is 27.2 Å². The summed E-state index contributed by atoms with van der Waals surface area (Å²) < 4.78 is 68.9. The molecule has 34 heavy (non-hydrogen) atoms. The second-order valence-corrected chi connectivity index (χ2v) is 7.19. The van der Waals surface area contributed by atoms with Gasteiger partial charge in [-0.05, 0) is 31.4 Å². The fraction of sp³-hybridized carbons (Fsp3) is 0.579. The van der Waals surface area contributed by atoms with E-state index in [1.807, 2.05) is 6.07 Å². The normalized spacial score (nSPS) is 18.4. The summed E-state index contributed by atoms with van der Waals surface area (Å²) in [7, 11) is 0. The van der Waals surface area contributed by atoms with Gasteiger partial charge in [0.1, 0.15) is 0 Å². The highest BCUT2D eigenvalue weighted by Gasteiger charge is 2.38. The summed E-state index contributed by atoms with van der Waals surface area (Å²) in [5, 5.41) is 23.4. The third-order valence-electron chi connectivity index (χ3n) is 4.82. The lowest BCUT2D eigenvalue weighted by molar-refractivity contribution is -0.193. The number of hydrogen-bond acceptors (Lipinski definition) is 6. The quantitative estimate of drug-likeness (QED) is 0.519. The third kappa shape index (κ3) is 9.13. The maximum atomic E-state index is 11.2. The van der Waals surface area contributed by atoms with Crippen LogP contribution in [0.1, 0.15) is 33.7 Å². The summed E-state index contributed by atoms with van der Waals surface area (Å²) in [4.78, 5) is 36.0. The first-order valence-electron chi connectivity index (χ1n) is 9.68. The van der Waals surface area contributed by atoms with Crippen molar-refractivity contribution < 1.29 is 60.8 Å². The van der Waals surface area contributed by atoms with Gasteiger partial charge in [0, 0.05) is 37.9 Å². The number of carboxylic acids is 3. The Kier molecular flexibility index (Phi) is 10.2. The zero-order chi connectivity index (χ0) is 26.3. The maximum absolute atomic E-state index is 11.2. The van der Waals surface area contributed by atoms with Gasteiger partial charge in [-0.25, -0.2) is 14.4 Å². The number of hydrogen-bond donors (Lipinski definition) is 3. The fourth-order valence-corrected chi connectivity index (χ4v) is 3.15. The summed E-state index contributed by atoms with van der Waals surface area (Å²) in [6, 6.07) is 2.33. The molecule has 3 heterocycles. The Morgan fingerprint density at radius 1 is 1.00 bits per heavy atom. The van der Waals surface area contributed by atoms with Gasteiger partial charge in [0.05, 0.1) is 17.9 Å². The smallest absolute Gasteiger partial charge is 0.478 e. The molecule has 0 radical (unpaired) electrons. The van der Waals surface area contributed by atoms with Crippen molar-refractivity contribution in [2.75, 3.05) is 26.3 Å². The van der Waals surface area contributed by atoms with Gasteiger partial charge in [-0.3, -0.25) is 9.88 Å². The first-order valence-corrected chi connectivity index (χ1v) is 9.68. The molecule has 1 atom stereocenters. The number of aryl methyl sites for hydroxylation is 1. The highest BCUT2D eigenvalue weighted by Crippen LogP contribution is 2.21. The number of carboxylic acid groups (broad SMARTS) is 3. The summed E-state index contributed by atoms with van der Waals surface area (Å²) in [6.07, 6.45) is -7.30. The van der Waals surface area contributed by atoms with E-state index in [0.717, 1.165) is 56.8 Å². The summed E-state index contributed by atoms with van der Waals surface area (Å²) in [5.74, 6) is -6.40. The predicted octanol–water partition coefficient (Wildman–Crippen LogP) is 2.54. The topological polar surface area (TPSA) is 137 Å². The molecule has 9 nitrogen and oxygen atoms in total. The van der Waals surface area contributed by atoms with Crippen molar-refractivity contribution in [3.05, 3.63) is 28.6 Å². The highest BCUT2D eigenvalue weighted by atomic mass is 19.4. The number of rotatable bonds is 2. The summed E-state index contributed by atoms with van der Waals surface area (Å²) in [6.45, 7) is 5.40. The van der Waals surface area contributed by atoms with Crippen LogP contribution in [0.3, 0.4) is 0 Å². The van der Waals surface area contributed by atoms with Gasteiger partial charge < -0.3 is 20.1 Å². The van der Waals surface area contributed by atoms with Crippen LogP contribution in [0.25, 0.3) is 0 Å². The Labute approximate surface area is 188 Å². The van der Waals surface area contributed by atoms with Crippen LogP contribution < -0.4 is 0 Å². The average Bonchev–Trinajstić information content (AvgIpc) is 3.15. The van der Waals surface area contributed by atoms with E-state index < -0.39 is 30.3 Å². The van der Waals surface area contributed by atoms with E-state index >= 15 is 0 Å². The largest absolute Gasteiger partial charge is 0.490 e. The fourth-order valence-electron chi connectivity index (χ4n) is 3.15. The number of nitrogens with zero attached hydrogens (tertiary/aromatic N) is 2. The third-order valence-corrected chi connectivity index (χ3v) is 4.82. The van der Waals surface area contributed by atoms with E-state index in [1.54, 1.807) is 6.92 Å². The number of aromatic carboxylic acids is 1. The molecule has 1 aromatic heterocycles. The molecular formula is C19H22F6N2O7. The number of carbonyl (C=O) groups is 3. The van der Waals surface area contributed by atoms with Gasteiger partial charge in [-0.15, -0.1) is 0 Å². The van der Waals surface area contributed by atoms with Gasteiger partial charge in [-0.1, -0.05) is 0 Å². The van der Waals surface area contributed by atoms with Gasteiger partial charge in [-0.2, -0.15) is 26.3 Å². The van der Waals surface area contributed by atoms with Crippen LogP contribution in [0.2, 0.25) is 0 Å². The molecule has 2 aliphatic heterocycles. The van der Waals surface area contributed by atoms with Crippen LogP contribution in [0.15, 0.2) is 6.07 Å². The molecule has 0 amide bonds. The van der Waals surface area contributed by atoms with Crippen LogP contribution in [0.5, 0.6) is 0 Å². The van der Waals surface area contributed by atoms with Gasteiger partial charge >= 0.3 is 30.3 Å². The van der Waals surface area contributed by atoms with E-state index in [2.05, 4.69) is 9.88 Å². The van der Waals surface area contributed by atoms with E-state index in [0.29, 0.717) is 17.3 Å². The van der Waals surface area contributed by atoms with Crippen molar-refractivity contribution in [3.8, 4) is 0 Å².